The molecule has 2 aromatic rings. The number of carbonyl (C=O) groups excluding carboxylic acids is 1. The van der Waals surface area contributed by atoms with Gasteiger partial charge in [-0.15, -0.1) is 0 Å². The number of nitrogens with two attached hydrogens (primary N) is 1. The number of thioether (sulfide) groups is 1. The van der Waals surface area contributed by atoms with Crippen molar-refractivity contribution < 1.29 is 4.79 Å². The van der Waals surface area contributed by atoms with Crippen molar-refractivity contribution in [3.63, 3.8) is 0 Å². The predicted octanol–water partition coefficient (Wildman–Crippen LogP) is 1.19. The first-order chi connectivity index (χ1) is 11.1. The molecule has 118 valence electrons. The molecule has 23 heavy (non-hydrogen) atoms. The Morgan fingerprint density at radius 2 is 2.13 bits per heavy atom. The van der Waals surface area contributed by atoms with Crippen molar-refractivity contribution in [1.82, 2.24) is 15.3 Å². The van der Waals surface area contributed by atoms with Gasteiger partial charge in [0.25, 0.3) is 5.56 Å². The highest BCUT2D eigenvalue weighted by atomic mass is 32.2. The monoisotopic (exact) mass is 329 g/mol. The molecule has 0 saturated heterocycles. The van der Waals surface area contributed by atoms with E-state index in [0.717, 1.165) is 16.8 Å². The first-order valence-electron chi connectivity index (χ1n) is 6.91. The maximum atomic E-state index is 12.1. The van der Waals surface area contributed by atoms with Crippen molar-refractivity contribution in [2.45, 2.75) is 11.9 Å². The molecule has 3 rings (SSSR count). The van der Waals surface area contributed by atoms with Crippen LogP contribution in [0.2, 0.25) is 0 Å². The molecule has 3 heterocycles. The summed E-state index contributed by atoms with van der Waals surface area (Å²) in [6, 6.07) is 5.29. The number of rotatable bonds is 4. The summed E-state index contributed by atoms with van der Waals surface area (Å²) in [6.45, 7) is 0. The molecule has 0 aliphatic carbocycles. The Kier molecular flexibility index (Phi) is 4.45. The predicted molar refractivity (Wildman–Crippen MR) is 90.3 cm³/mol. The summed E-state index contributed by atoms with van der Waals surface area (Å²) in [5.41, 5.74) is 7.73. The molecule has 1 aliphatic heterocycles. The summed E-state index contributed by atoms with van der Waals surface area (Å²) >= 11 is 1.41. The molecule has 0 radical (unpaired) electrons. The van der Waals surface area contributed by atoms with Gasteiger partial charge in [0.15, 0.2) is 0 Å². The Hall–Kier alpha value is -2.58. The van der Waals surface area contributed by atoms with E-state index in [1.165, 1.54) is 11.8 Å². The van der Waals surface area contributed by atoms with Gasteiger partial charge >= 0.3 is 0 Å². The second-order valence-corrected chi connectivity index (χ2v) is 5.95. The largest absolute Gasteiger partial charge is 0.364 e. The fourth-order valence-electron chi connectivity index (χ4n) is 2.15. The molecular weight excluding hydrogens is 314 g/mol. The van der Waals surface area contributed by atoms with E-state index in [1.807, 2.05) is 17.5 Å². The van der Waals surface area contributed by atoms with E-state index in [0.29, 0.717) is 0 Å². The number of carbonyl (C=O) groups is 1. The highest BCUT2D eigenvalue weighted by Gasteiger charge is 2.16. The third-order valence-electron chi connectivity index (χ3n) is 3.23. The molecule has 0 spiro atoms. The first-order valence-corrected chi connectivity index (χ1v) is 7.86. The van der Waals surface area contributed by atoms with Crippen LogP contribution in [-0.2, 0) is 4.79 Å². The zero-order valence-corrected chi connectivity index (χ0v) is 12.9. The van der Waals surface area contributed by atoms with Crippen molar-refractivity contribution in [3.05, 3.63) is 58.2 Å². The van der Waals surface area contributed by atoms with Crippen LogP contribution in [0.5, 0.6) is 0 Å². The summed E-state index contributed by atoms with van der Waals surface area (Å²) in [6.07, 6.45) is 5.07. The average molecular weight is 329 g/mol. The van der Waals surface area contributed by atoms with Gasteiger partial charge in [-0.3, -0.25) is 14.6 Å². The molecule has 0 aromatic carbocycles. The molecule has 7 nitrogen and oxygen atoms in total. The van der Waals surface area contributed by atoms with Crippen LogP contribution < -0.4 is 21.9 Å². The second kappa shape index (κ2) is 6.67. The maximum absolute atomic E-state index is 12.1. The number of pyridine rings is 2. The molecule has 1 aliphatic rings. The summed E-state index contributed by atoms with van der Waals surface area (Å²) < 4.78 is 0. The number of hydrogen-bond acceptors (Lipinski definition) is 6. The van der Waals surface area contributed by atoms with Gasteiger partial charge in [-0.25, -0.2) is 0 Å². The van der Waals surface area contributed by atoms with E-state index in [-0.39, 0.29) is 29.1 Å². The lowest BCUT2D eigenvalue weighted by atomic mass is 10.1. The summed E-state index contributed by atoms with van der Waals surface area (Å²) in [5.74, 6) is -0.282. The van der Waals surface area contributed by atoms with E-state index < -0.39 is 0 Å². The lowest BCUT2D eigenvalue weighted by Crippen LogP contribution is -2.30. The number of nitrogens with one attached hydrogen (secondary N) is 3. The van der Waals surface area contributed by atoms with Crippen LogP contribution in [-0.4, -0.2) is 21.4 Å². The van der Waals surface area contributed by atoms with Crippen LogP contribution >= 0.6 is 11.8 Å². The van der Waals surface area contributed by atoms with Gasteiger partial charge in [0.05, 0.1) is 6.42 Å². The molecular formula is C15H15N5O2S. The second-order valence-electron chi connectivity index (χ2n) is 4.94. The Morgan fingerprint density at radius 1 is 1.35 bits per heavy atom. The minimum Gasteiger partial charge on any atom is -0.364 e. The van der Waals surface area contributed by atoms with Gasteiger partial charge < -0.3 is 21.4 Å². The van der Waals surface area contributed by atoms with Crippen molar-refractivity contribution in [1.29, 1.82) is 0 Å². The van der Waals surface area contributed by atoms with Crippen LogP contribution in [0.4, 0.5) is 5.69 Å². The molecule has 5 N–H and O–H groups in total. The number of aromatic nitrogens is 2. The number of amides is 1. The van der Waals surface area contributed by atoms with Crippen molar-refractivity contribution in [3.8, 4) is 11.1 Å². The number of anilines is 1. The maximum Gasteiger partial charge on any atom is 0.271 e. The summed E-state index contributed by atoms with van der Waals surface area (Å²) in [4.78, 5) is 30.5. The smallest absolute Gasteiger partial charge is 0.271 e. The first kappa shape index (κ1) is 15.3. The Labute approximate surface area is 136 Å². The molecule has 1 unspecified atom stereocenters. The third kappa shape index (κ3) is 3.79. The normalized spacial score (nSPS) is 16.6. The van der Waals surface area contributed by atoms with Crippen LogP contribution in [0.25, 0.3) is 11.1 Å². The SMILES string of the molecule is NC1NC(CC(=O)Nc2cc(-c3ccncc3)c[nH]c2=O)=CS1. The fraction of sp³-hybridized carbons (Fsp3) is 0.133. The Balaban J connectivity index is 1.75. The summed E-state index contributed by atoms with van der Waals surface area (Å²) in [5, 5.41) is 7.41. The van der Waals surface area contributed by atoms with Gasteiger partial charge in [0.2, 0.25) is 5.91 Å². The van der Waals surface area contributed by atoms with Gasteiger partial charge in [0, 0.05) is 29.9 Å². The molecule has 0 fully saturated rings. The number of aromatic amines is 1. The minimum atomic E-state index is -0.351. The summed E-state index contributed by atoms with van der Waals surface area (Å²) in [7, 11) is 0. The van der Waals surface area contributed by atoms with Crippen molar-refractivity contribution in [2.24, 2.45) is 5.73 Å². The highest BCUT2D eigenvalue weighted by molar-refractivity contribution is 8.02. The molecule has 0 saturated carbocycles. The third-order valence-corrected chi connectivity index (χ3v) is 4.06. The topological polar surface area (TPSA) is 113 Å². The van der Waals surface area contributed by atoms with Gasteiger partial charge in [-0.2, -0.15) is 0 Å². The van der Waals surface area contributed by atoms with Crippen LogP contribution in [0.15, 0.2) is 52.7 Å². The van der Waals surface area contributed by atoms with Gasteiger partial charge in [-0.1, -0.05) is 11.8 Å². The Morgan fingerprint density at radius 3 is 2.83 bits per heavy atom. The number of H-pyrrole nitrogens is 1. The van der Waals surface area contributed by atoms with Crippen LogP contribution in [0.3, 0.4) is 0 Å². The number of hydrogen-bond donors (Lipinski definition) is 4. The fourth-order valence-corrected chi connectivity index (χ4v) is 2.84. The quantitative estimate of drug-likeness (QED) is 0.670. The van der Waals surface area contributed by atoms with E-state index in [2.05, 4.69) is 20.6 Å². The van der Waals surface area contributed by atoms with Gasteiger partial charge in [0.1, 0.15) is 11.2 Å². The zero-order chi connectivity index (χ0) is 16.2. The van der Waals surface area contributed by atoms with Gasteiger partial charge in [-0.05, 0) is 29.2 Å². The van der Waals surface area contributed by atoms with E-state index >= 15 is 0 Å². The highest BCUT2D eigenvalue weighted by Crippen LogP contribution is 2.21. The van der Waals surface area contributed by atoms with Crippen molar-refractivity contribution in [2.75, 3.05) is 5.32 Å². The van der Waals surface area contributed by atoms with Crippen LogP contribution in [0, 0.1) is 0 Å². The molecule has 0 bridgehead atoms. The molecule has 1 atom stereocenters. The lowest BCUT2D eigenvalue weighted by molar-refractivity contribution is -0.115. The molecule has 2 aromatic heterocycles. The van der Waals surface area contributed by atoms with E-state index in [4.69, 9.17) is 5.73 Å². The Bertz CT molecular complexity index is 803. The average Bonchev–Trinajstić information content (AvgIpc) is 2.95. The minimum absolute atomic E-state index is 0.139. The standard InChI is InChI=1S/C15H15N5O2S/c16-15-19-11(8-23-15)6-13(21)20-12-5-10(7-18-14(12)22)9-1-3-17-4-2-9/h1-5,7-8,15,19H,6,16H2,(H,18,22)(H,20,21). The zero-order valence-electron chi connectivity index (χ0n) is 12.1. The van der Waals surface area contributed by atoms with Crippen molar-refractivity contribution >= 4 is 23.4 Å². The number of nitrogens with zero attached hydrogens (tertiary/aromatic N) is 1. The van der Waals surface area contributed by atoms with E-state index in [1.54, 1.807) is 24.7 Å². The lowest BCUT2D eigenvalue weighted by Gasteiger charge is -2.09. The molecule has 8 heteroatoms. The van der Waals surface area contributed by atoms with E-state index in [9.17, 15) is 9.59 Å². The molecule has 1 amide bonds. The van der Waals surface area contributed by atoms with Crippen LogP contribution in [0.1, 0.15) is 6.42 Å².